The summed E-state index contributed by atoms with van der Waals surface area (Å²) in [5, 5.41) is 2.45. The Hall–Kier alpha value is -1.32. The van der Waals surface area contributed by atoms with Crippen LogP contribution in [0.3, 0.4) is 0 Å². The van der Waals surface area contributed by atoms with Gasteiger partial charge in [-0.1, -0.05) is 6.08 Å². The van der Waals surface area contributed by atoms with Crippen molar-refractivity contribution >= 4 is 11.9 Å². The van der Waals surface area contributed by atoms with Crippen LogP contribution in [0.5, 0.6) is 0 Å². The molecule has 4 heteroatoms. The number of nitrogens with one attached hydrogen (secondary N) is 1. The molecular formula is C8H11NO3. The molecule has 0 saturated heterocycles. The van der Waals surface area contributed by atoms with Crippen LogP contribution in [0, 0.1) is 0 Å². The van der Waals surface area contributed by atoms with Gasteiger partial charge in [-0.15, -0.1) is 0 Å². The average molecular weight is 169 g/mol. The molecule has 0 radical (unpaired) electrons. The highest BCUT2D eigenvalue weighted by atomic mass is 16.5. The van der Waals surface area contributed by atoms with Gasteiger partial charge < -0.3 is 10.1 Å². The highest BCUT2D eigenvalue weighted by Crippen LogP contribution is 2.05. The summed E-state index contributed by atoms with van der Waals surface area (Å²) < 4.78 is 4.71. The van der Waals surface area contributed by atoms with E-state index in [0.717, 1.165) is 0 Å². The number of rotatable bonds is 2. The molecule has 66 valence electrons. The third-order valence-corrected chi connectivity index (χ3v) is 1.49. The van der Waals surface area contributed by atoms with Gasteiger partial charge in [0.2, 0.25) is 5.91 Å². The molecule has 12 heavy (non-hydrogen) atoms. The lowest BCUT2D eigenvalue weighted by Gasteiger charge is -2.12. The van der Waals surface area contributed by atoms with E-state index in [-0.39, 0.29) is 11.6 Å². The quantitative estimate of drug-likeness (QED) is 0.606. The van der Waals surface area contributed by atoms with Crippen molar-refractivity contribution in [3.8, 4) is 0 Å². The topological polar surface area (TPSA) is 55.4 Å². The zero-order valence-electron chi connectivity index (χ0n) is 6.92. The Morgan fingerprint density at radius 1 is 1.75 bits per heavy atom. The molecule has 0 bridgehead atoms. The molecule has 0 atom stereocenters. The van der Waals surface area contributed by atoms with Gasteiger partial charge in [0.15, 0.2) is 0 Å². The number of esters is 1. The zero-order chi connectivity index (χ0) is 8.97. The Morgan fingerprint density at radius 2 is 2.50 bits per heavy atom. The van der Waals surface area contributed by atoms with Gasteiger partial charge in [0.25, 0.3) is 0 Å². The van der Waals surface area contributed by atoms with Crippen LogP contribution >= 0.6 is 0 Å². The van der Waals surface area contributed by atoms with E-state index in [9.17, 15) is 9.59 Å². The molecule has 1 N–H and O–H groups in total. The van der Waals surface area contributed by atoms with Gasteiger partial charge in [-0.2, -0.15) is 0 Å². The average Bonchev–Trinajstić information content (AvgIpc) is 2.05. The minimum Gasteiger partial charge on any atom is -0.461 e. The Balaban J connectivity index is 2.56. The third kappa shape index (κ3) is 2.08. The summed E-state index contributed by atoms with van der Waals surface area (Å²) in [5.41, 5.74) is 0.271. The van der Waals surface area contributed by atoms with Crippen molar-refractivity contribution < 1.29 is 14.3 Å². The molecule has 0 aliphatic carbocycles. The van der Waals surface area contributed by atoms with Gasteiger partial charge in [-0.25, -0.2) is 4.79 Å². The van der Waals surface area contributed by atoms with E-state index in [0.29, 0.717) is 19.4 Å². The second-order valence-electron chi connectivity index (χ2n) is 2.43. The summed E-state index contributed by atoms with van der Waals surface area (Å²) in [7, 11) is 0. The summed E-state index contributed by atoms with van der Waals surface area (Å²) in [6.07, 6.45) is 2.74. The predicted molar refractivity (Wildman–Crippen MR) is 42.1 cm³/mol. The highest BCUT2D eigenvalue weighted by Gasteiger charge is 2.16. The molecule has 0 aromatic carbocycles. The number of hydrogen-bond acceptors (Lipinski definition) is 3. The molecule has 0 spiro atoms. The molecular weight excluding hydrogens is 158 g/mol. The van der Waals surface area contributed by atoms with Crippen LogP contribution in [0.15, 0.2) is 11.8 Å². The molecule has 0 saturated carbocycles. The van der Waals surface area contributed by atoms with Gasteiger partial charge >= 0.3 is 5.97 Å². The van der Waals surface area contributed by atoms with Gasteiger partial charge in [0, 0.05) is 6.42 Å². The second-order valence-corrected chi connectivity index (χ2v) is 2.43. The van der Waals surface area contributed by atoms with Gasteiger partial charge in [-0.3, -0.25) is 4.79 Å². The Morgan fingerprint density at radius 3 is 3.08 bits per heavy atom. The van der Waals surface area contributed by atoms with Crippen LogP contribution in [-0.4, -0.2) is 18.5 Å². The normalized spacial score (nSPS) is 16.4. The summed E-state index contributed by atoms with van der Waals surface area (Å²) >= 11 is 0. The molecule has 1 aliphatic heterocycles. The fourth-order valence-corrected chi connectivity index (χ4v) is 0.955. The lowest BCUT2D eigenvalue weighted by Crippen LogP contribution is -2.30. The smallest absolute Gasteiger partial charge is 0.354 e. The monoisotopic (exact) mass is 169 g/mol. The van der Waals surface area contributed by atoms with Crippen molar-refractivity contribution in [1.82, 2.24) is 5.32 Å². The molecule has 0 unspecified atom stereocenters. The molecule has 1 amide bonds. The van der Waals surface area contributed by atoms with Crippen molar-refractivity contribution in [1.29, 1.82) is 0 Å². The first-order valence-electron chi connectivity index (χ1n) is 3.91. The maximum atomic E-state index is 11.0. The fourth-order valence-electron chi connectivity index (χ4n) is 0.955. The van der Waals surface area contributed by atoms with E-state index in [4.69, 9.17) is 4.74 Å². The first-order chi connectivity index (χ1) is 5.74. The largest absolute Gasteiger partial charge is 0.461 e. The van der Waals surface area contributed by atoms with Crippen LogP contribution in [0.4, 0.5) is 0 Å². The van der Waals surface area contributed by atoms with Crippen LogP contribution in [-0.2, 0) is 14.3 Å². The first kappa shape index (κ1) is 8.77. The lowest BCUT2D eigenvalue weighted by molar-refractivity contribution is -0.140. The van der Waals surface area contributed by atoms with Crippen LogP contribution < -0.4 is 5.32 Å². The van der Waals surface area contributed by atoms with E-state index < -0.39 is 5.97 Å². The minimum absolute atomic E-state index is 0.124. The second kappa shape index (κ2) is 3.90. The summed E-state index contributed by atoms with van der Waals surface area (Å²) in [4.78, 5) is 21.9. The number of ether oxygens (including phenoxy) is 1. The number of amides is 1. The van der Waals surface area contributed by atoms with Crippen molar-refractivity contribution in [2.45, 2.75) is 19.8 Å². The third-order valence-electron chi connectivity index (χ3n) is 1.49. The number of allylic oxidation sites excluding steroid dienone is 1. The number of hydrogen-bond donors (Lipinski definition) is 1. The van der Waals surface area contributed by atoms with Crippen LogP contribution in [0.25, 0.3) is 0 Å². The maximum absolute atomic E-state index is 11.0. The standard InChI is InChI=1S/C8H11NO3/c1-2-12-8(11)6-4-3-5-7(10)9-6/h4H,2-3,5H2,1H3,(H,9,10). The van der Waals surface area contributed by atoms with Crippen molar-refractivity contribution in [3.63, 3.8) is 0 Å². The number of carbonyl (C=O) groups excluding carboxylic acids is 2. The molecule has 4 nitrogen and oxygen atoms in total. The van der Waals surface area contributed by atoms with E-state index in [1.54, 1.807) is 13.0 Å². The molecule has 1 aliphatic rings. The molecule has 0 aromatic heterocycles. The SMILES string of the molecule is CCOC(=O)C1=CCCC(=O)N1. The fraction of sp³-hybridized carbons (Fsp3) is 0.500. The predicted octanol–water partition coefficient (Wildman–Crippen LogP) is 0.343. The highest BCUT2D eigenvalue weighted by molar-refractivity contribution is 5.95. The maximum Gasteiger partial charge on any atom is 0.354 e. The van der Waals surface area contributed by atoms with Crippen molar-refractivity contribution in [3.05, 3.63) is 11.8 Å². The Labute approximate surface area is 70.6 Å². The zero-order valence-corrected chi connectivity index (χ0v) is 6.92. The summed E-state index contributed by atoms with van der Waals surface area (Å²) in [5.74, 6) is -0.578. The molecule has 1 heterocycles. The van der Waals surface area contributed by atoms with E-state index in [1.807, 2.05) is 0 Å². The minimum atomic E-state index is -0.453. The van der Waals surface area contributed by atoms with Crippen LogP contribution in [0.2, 0.25) is 0 Å². The Bertz CT molecular complexity index is 232. The first-order valence-corrected chi connectivity index (χ1v) is 3.91. The van der Waals surface area contributed by atoms with Gasteiger partial charge in [0.05, 0.1) is 6.61 Å². The van der Waals surface area contributed by atoms with Crippen molar-refractivity contribution in [2.75, 3.05) is 6.61 Å². The number of carbonyl (C=O) groups is 2. The van der Waals surface area contributed by atoms with E-state index in [2.05, 4.69) is 5.32 Å². The Kier molecular flexibility index (Phi) is 2.85. The summed E-state index contributed by atoms with van der Waals surface area (Å²) in [6, 6.07) is 0. The summed E-state index contributed by atoms with van der Waals surface area (Å²) in [6.45, 7) is 2.05. The van der Waals surface area contributed by atoms with Gasteiger partial charge in [-0.05, 0) is 13.3 Å². The van der Waals surface area contributed by atoms with Crippen molar-refractivity contribution in [2.24, 2.45) is 0 Å². The molecule has 0 aromatic rings. The lowest BCUT2D eigenvalue weighted by atomic mass is 10.2. The van der Waals surface area contributed by atoms with Gasteiger partial charge in [0.1, 0.15) is 5.70 Å². The van der Waals surface area contributed by atoms with E-state index in [1.165, 1.54) is 0 Å². The van der Waals surface area contributed by atoms with Crippen LogP contribution in [0.1, 0.15) is 19.8 Å². The van der Waals surface area contributed by atoms with E-state index >= 15 is 0 Å². The molecule has 1 rings (SSSR count). The molecule has 0 fully saturated rings.